The Labute approximate surface area is 133 Å². The Bertz CT molecular complexity index is 661. The van der Waals surface area contributed by atoms with Crippen LogP contribution in [-0.2, 0) is 6.54 Å². The van der Waals surface area contributed by atoms with Crippen LogP contribution in [0.3, 0.4) is 0 Å². The Balaban J connectivity index is 2.24. The zero-order chi connectivity index (χ0) is 15.4. The number of aromatic nitrogens is 2. The lowest BCUT2D eigenvalue weighted by Gasteiger charge is -2.21. The van der Waals surface area contributed by atoms with Gasteiger partial charge in [0.25, 0.3) is 5.91 Å². The van der Waals surface area contributed by atoms with Gasteiger partial charge in [0.15, 0.2) is 0 Å². The first-order valence-corrected chi connectivity index (χ1v) is 7.29. The van der Waals surface area contributed by atoms with Crippen molar-refractivity contribution in [3.05, 3.63) is 57.6 Å². The number of amides is 1. The van der Waals surface area contributed by atoms with Crippen LogP contribution in [0.25, 0.3) is 0 Å². The van der Waals surface area contributed by atoms with Crippen LogP contribution in [0.1, 0.15) is 28.7 Å². The van der Waals surface area contributed by atoms with E-state index >= 15 is 0 Å². The minimum absolute atomic E-state index is 0.185. The molecule has 2 aromatic rings. The zero-order valence-electron chi connectivity index (χ0n) is 11.8. The highest BCUT2D eigenvalue weighted by Crippen LogP contribution is 2.20. The quantitative estimate of drug-likeness (QED) is 0.805. The lowest BCUT2D eigenvalue weighted by molar-refractivity contribution is 0.0750. The highest BCUT2D eigenvalue weighted by Gasteiger charge is 2.18. The monoisotopic (exact) mass is 323 g/mol. The van der Waals surface area contributed by atoms with Gasteiger partial charge in [0, 0.05) is 18.4 Å². The van der Waals surface area contributed by atoms with E-state index in [9.17, 15) is 4.79 Å². The second-order valence-corrected chi connectivity index (χ2v) is 5.37. The van der Waals surface area contributed by atoms with Gasteiger partial charge < -0.3 is 4.90 Å². The molecule has 0 atom stereocenters. The molecule has 0 aromatic carbocycles. The summed E-state index contributed by atoms with van der Waals surface area (Å²) in [6.45, 7) is 4.80. The fraction of sp³-hybridized carbons (Fsp3) is 0.267. The summed E-state index contributed by atoms with van der Waals surface area (Å²) < 4.78 is 0. The van der Waals surface area contributed by atoms with E-state index in [2.05, 4.69) is 9.97 Å². The minimum Gasteiger partial charge on any atom is -0.333 e. The predicted molar refractivity (Wildman–Crippen MR) is 83.6 cm³/mol. The fourth-order valence-electron chi connectivity index (χ4n) is 1.96. The number of carbonyl (C=O) groups excluding carboxylic acids is 1. The van der Waals surface area contributed by atoms with Gasteiger partial charge in [-0.15, -0.1) is 0 Å². The number of carbonyl (C=O) groups is 1. The maximum absolute atomic E-state index is 12.6. The molecule has 0 aliphatic carbocycles. The summed E-state index contributed by atoms with van der Waals surface area (Å²) in [5.74, 6) is -0.185. The van der Waals surface area contributed by atoms with Crippen LogP contribution in [0.4, 0.5) is 0 Å². The number of hydrogen-bond donors (Lipinski definition) is 0. The fourth-order valence-corrected chi connectivity index (χ4v) is 2.30. The van der Waals surface area contributed by atoms with Crippen molar-refractivity contribution in [1.29, 1.82) is 0 Å². The van der Waals surface area contributed by atoms with Gasteiger partial charge in [0.05, 0.1) is 22.8 Å². The van der Waals surface area contributed by atoms with E-state index in [-0.39, 0.29) is 11.1 Å². The van der Waals surface area contributed by atoms with Crippen LogP contribution < -0.4 is 0 Å². The molecule has 6 heteroatoms. The van der Waals surface area contributed by atoms with Crippen LogP contribution in [0, 0.1) is 6.92 Å². The van der Waals surface area contributed by atoms with Gasteiger partial charge in [-0.1, -0.05) is 29.3 Å². The maximum Gasteiger partial charge on any atom is 0.255 e. The van der Waals surface area contributed by atoms with E-state index in [4.69, 9.17) is 23.2 Å². The van der Waals surface area contributed by atoms with E-state index in [0.29, 0.717) is 23.7 Å². The highest BCUT2D eigenvalue weighted by atomic mass is 35.5. The topological polar surface area (TPSA) is 46.1 Å². The Morgan fingerprint density at radius 1 is 1.33 bits per heavy atom. The maximum atomic E-state index is 12.6. The van der Waals surface area contributed by atoms with Gasteiger partial charge >= 0.3 is 0 Å². The molecule has 0 saturated heterocycles. The standard InChI is InChI=1S/C15H15Cl2N3O/c1-3-20(9-11-6-4-5-10(2)19-11)15(21)12-7-14(17)18-8-13(12)16/h4-8H,3,9H2,1-2H3. The van der Waals surface area contributed by atoms with Gasteiger partial charge in [-0.2, -0.15) is 0 Å². The van der Waals surface area contributed by atoms with Crippen molar-refractivity contribution in [2.75, 3.05) is 6.54 Å². The Hall–Kier alpha value is -1.65. The van der Waals surface area contributed by atoms with Gasteiger partial charge in [-0.3, -0.25) is 9.78 Å². The number of aryl methyl sites for hydroxylation is 1. The minimum atomic E-state index is -0.185. The summed E-state index contributed by atoms with van der Waals surface area (Å²) in [6, 6.07) is 7.22. The number of pyridine rings is 2. The lowest BCUT2D eigenvalue weighted by atomic mass is 10.2. The Morgan fingerprint density at radius 3 is 2.76 bits per heavy atom. The first-order valence-electron chi connectivity index (χ1n) is 6.54. The molecule has 0 N–H and O–H groups in total. The first-order chi connectivity index (χ1) is 10.0. The molecule has 110 valence electrons. The molecule has 0 radical (unpaired) electrons. The predicted octanol–water partition coefficient (Wildman–Crippen LogP) is 3.75. The van der Waals surface area contributed by atoms with Crippen molar-refractivity contribution in [3.8, 4) is 0 Å². The van der Waals surface area contributed by atoms with Crippen LogP contribution in [0.15, 0.2) is 30.5 Å². The van der Waals surface area contributed by atoms with Crippen molar-refractivity contribution < 1.29 is 4.79 Å². The molecular formula is C15H15Cl2N3O. The van der Waals surface area contributed by atoms with E-state index in [0.717, 1.165) is 11.4 Å². The van der Waals surface area contributed by atoms with Gasteiger partial charge in [0.1, 0.15) is 5.15 Å². The summed E-state index contributed by atoms with van der Waals surface area (Å²) >= 11 is 11.9. The lowest BCUT2D eigenvalue weighted by Crippen LogP contribution is -2.31. The summed E-state index contributed by atoms with van der Waals surface area (Å²) in [6.07, 6.45) is 1.38. The highest BCUT2D eigenvalue weighted by molar-refractivity contribution is 6.35. The van der Waals surface area contributed by atoms with E-state index in [1.165, 1.54) is 12.3 Å². The Morgan fingerprint density at radius 2 is 2.10 bits per heavy atom. The zero-order valence-corrected chi connectivity index (χ0v) is 13.3. The van der Waals surface area contributed by atoms with Gasteiger partial charge in [0.2, 0.25) is 0 Å². The van der Waals surface area contributed by atoms with Gasteiger partial charge in [-0.05, 0) is 32.0 Å². The van der Waals surface area contributed by atoms with Gasteiger partial charge in [-0.25, -0.2) is 4.98 Å². The molecule has 0 bridgehead atoms. The molecular weight excluding hydrogens is 309 g/mol. The van der Waals surface area contributed by atoms with Crippen LogP contribution in [-0.4, -0.2) is 27.3 Å². The van der Waals surface area contributed by atoms with E-state index < -0.39 is 0 Å². The Kier molecular flexibility index (Phi) is 5.15. The summed E-state index contributed by atoms with van der Waals surface area (Å²) in [7, 11) is 0. The third-order valence-electron chi connectivity index (χ3n) is 3.02. The second kappa shape index (κ2) is 6.87. The van der Waals surface area contributed by atoms with Crippen molar-refractivity contribution >= 4 is 29.1 Å². The third kappa shape index (κ3) is 3.93. The summed E-state index contributed by atoms with van der Waals surface area (Å²) in [5, 5.41) is 0.535. The SMILES string of the molecule is CCN(Cc1cccc(C)n1)C(=O)c1cc(Cl)ncc1Cl. The molecule has 2 heterocycles. The van der Waals surface area contributed by atoms with E-state index in [1.54, 1.807) is 4.90 Å². The number of halogens is 2. The third-order valence-corrected chi connectivity index (χ3v) is 3.53. The molecule has 0 unspecified atom stereocenters. The average Bonchev–Trinajstić information content (AvgIpc) is 2.46. The number of rotatable bonds is 4. The molecule has 0 aliphatic heterocycles. The molecule has 2 rings (SSSR count). The van der Waals surface area contributed by atoms with Crippen LogP contribution >= 0.6 is 23.2 Å². The second-order valence-electron chi connectivity index (χ2n) is 4.58. The molecule has 0 spiro atoms. The smallest absolute Gasteiger partial charge is 0.255 e. The average molecular weight is 324 g/mol. The normalized spacial score (nSPS) is 10.5. The van der Waals surface area contributed by atoms with Crippen molar-refractivity contribution in [1.82, 2.24) is 14.9 Å². The van der Waals surface area contributed by atoms with Crippen molar-refractivity contribution in [2.24, 2.45) is 0 Å². The number of nitrogens with zero attached hydrogens (tertiary/aromatic N) is 3. The molecule has 1 amide bonds. The largest absolute Gasteiger partial charge is 0.333 e. The molecule has 0 fully saturated rings. The molecule has 0 aliphatic rings. The molecule has 4 nitrogen and oxygen atoms in total. The van der Waals surface area contributed by atoms with Crippen molar-refractivity contribution in [2.45, 2.75) is 20.4 Å². The summed E-state index contributed by atoms with van der Waals surface area (Å²) in [5.41, 5.74) is 2.11. The van der Waals surface area contributed by atoms with Crippen LogP contribution in [0.2, 0.25) is 10.2 Å². The molecule has 21 heavy (non-hydrogen) atoms. The van der Waals surface area contributed by atoms with Crippen LogP contribution in [0.5, 0.6) is 0 Å². The number of hydrogen-bond acceptors (Lipinski definition) is 3. The molecule has 2 aromatic heterocycles. The molecule has 0 saturated carbocycles. The summed E-state index contributed by atoms with van der Waals surface area (Å²) in [4.78, 5) is 22.5. The first kappa shape index (κ1) is 15.7. The van der Waals surface area contributed by atoms with Crippen molar-refractivity contribution in [3.63, 3.8) is 0 Å². The van der Waals surface area contributed by atoms with E-state index in [1.807, 2.05) is 32.0 Å².